The summed E-state index contributed by atoms with van der Waals surface area (Å²) in [4.78, 5) is 14.0. The Morgan fingerprint density at radius 2 is 1.74 bits per heavy atom. The summed E-state index contributed by atoms with van der Waals surface area (Å²) in [6.07, 6.45) is -3.19. The van der Waals surface area contributed by atoms with Crippen molar-refractivity contribution in [1.29, 1.82) is 0 Å². The second-order valence-electron chi connectivity index (χ2n) is 7.87. The predicted molar refractivity (Wildman–Crippen MR) is 79.0 cm³/mol. The van der Waals surface area contributed by atoms with Gasteiger partial charge in [0.2, 0.25) is 0 Å². The highest BCUT2D eigenvalue weighted by Crippen LogP contribution is 2.43. The van der Waals surface area contributed by atoms with Gasteiger partial charge >= 0.3 is 12.3 Å². The first-order valence-corrected chi connectivity index (χ1v) is 8.19. The van der Waals surface area contributed by atoms with Crippen molar-refractivity contribution in [3.8, 4) is 0 Å². The van der Waals surface area contributed by atoms with Crippen LogP contribution in [0.3, 0.4) is 0 Å². The van der Waals surface area contributed by atoms with Crippen LogP contribution in [0.15, 0.2) is 0 Å². The van der Waals surface area contributed by atoms with Crippen LogP contribution in [-0.4, -0.2) is 45.6 Å². The van der Waals surface area contributed by atoms with Crippen molar-refractivity contribution in [2.45, 2.75) is 95.2 Å². The molecule has 0 aromatic heterocycles. The molecule has 2 bridgehead atoms. The minimum absolute atomic E-state index is 0.0775. The van der Waals surface area contributed by atoms with E-state index in [1.165, 1.54) is 0 Å². The summed E-state index contributed by atoms with van der Waals surface area (Å²) in [6, 6.07) is -0.279. The van der Waals surface area contributed by atoms with Crippen LogP contribution < -0.4 is 0 Å². The van der Waals surface area contributed by atoms with E-state index in [2.05, 4.69) is 0 Å². The van der Waals surface area contributed by atoms with Gasteiger partial charge in [0, 0.05) is 18.5 Å². The molecule has 2 aliphatic rings. The summed E-state index contributed by atoms with van der Waals surface area (Å²) < 4.78 is 42.2. The Labute approximate surface area is 135 Å². The first-order valence-electron chi connectivity index (χ1n) is 8.19. The molecule has 23 heavy (non-hydrogen) atoms. The first-order chi connectivity index (χ1) is 10.4. The van der Waals surface area contributed by atoms with E-state index in [1.54, 1.807) is 25.7 Å². The fraction of sp³-hybridized carbons (Fsp3) is 0.938. The summed E-state index contributed by atoms with van der Waals surface area (Å²) >= 11 is 0. The van der Waals surface area contributed by atoms with Gasteiger partial charge < -0.3 is 14.7 Å². The second-order valence-corrected chi connectivity index (χ2v) is 7.87. The molecule has 2 unspecified atom stereocenters. The number of hydrogen-bond donors (Lipinski definition) is 1. The third kappa shape index (κ3) is 4.99. The third-order valence-corrected chi connectivity index (χ3v) is 4.56. The molecule has 134 valence electrons. The average Bonchev–Trinajstić information content (AvgIpc) is 2.59. The molecule has 2 saturated heterocycles. The normalized spacial score (nSPS) is 31.3. The van der Waals surface area contributed by atoms with Crippen molar-refractivity contribution in [2.75, 3.05) is 0 Å². The molecular weight excluding hydrogens is 311 g/mol. The third-order valence-electron chi connectivity index (χ3n) is 4.56. The molecule has 4 nitrogen and oxygen atoms in total. The molecule has 1 amide bonds. The number of fused-ring (bicyclic) bond motifs is 2. The summed E-state index contributed by atoms with van der Waals surface area (Å²) in [7, 11) is 0. The number of ether oxygens (including phenoxy) is 1. The minimum Gasteiger partial charge on any atom is -0.444 e. The average molecular weight is 337 g/mol. The molecule has 2 rings (SSSR count). The van der Waals surface area contributed by atoms with Crippen LogP contribution in [0.25, 0.3) is 0 Å². The monoisotopic (exact) mass is 337 g/mol. The van der Waals surface area contributed by atoms with Crippen LogP contribution in [0, 0.1) is 0 Å². The summed E-state index contributed by atoms with van der Waals surface area (Å²) in [5.41, 5.74) is -1.69. The van der Waals surface area contributed by atoms with Crippen LogP contribution in [0.1, 0.15) is 65.7 Å². The van der Waals surface area contributed by atoms with Gasteiger partial charge in [-0.05, 0) is 59.3 Å². The van der Waals surface area contributed by atoms with E-state index in [1.807, 2.05) is 0 Å². The molecule has 2 heterocycles. The molecule has 0 radical (unpaired) electrons. The zero-order valence-corrected chi connectivity index (χ0v) is 13.9. The fourth-order valence-corrected chi connectivity index (χ4v) is 3.76. The number of aliphatic hydroxyl groups is 1. The summed E-state index contributed by atoms with van der Waals surface area (Å²) in [5.74, 6) is 0. The predicted octanol–water partition coefficient (Wildman–Crippen LogP) is 4.01. The molecule has 2 aliphatic heterocycles. The minimum atomic E-state index is -4.19. The zero-order chi connectivity index (χ0) is 17.5. The van der Waals surface area contributed by atoms with Gasteiger partial charge in [-0.2, -0.15) is 13.2 Å². The molecule has 7 heteroatoms. The maximum Gasteiger partial charge on any atom is 0.410 e. The Hall–Kier alpha value is -0.980. The van der Waals surface area contributed by atoms with Gasteiger partial charge in [0.05, 0.1) is 5.60 Å². The Bertz CT molecular complexity index is 431. The van der Waals surface area contributed by atoms with Crippen molar-refractivity contribution < 1.29 is 27.8 Å². The number of rotatable bonds is 3. The Morgan fingerprint density at radius 1 is 1.22 bits per heavy atom. The lowest BCUT2D eigenvalue weighted by molar-refractivity contribution is -0.139. The number of piperidine rings is 1. The Balaban J connectivity index is 1.94. The van der Waals surface area contributed by atoms with Gasteiger partial charge in [0.25, 0.3) is 0 Å². The van der Waals surface area contributed by atoms with Gasteiger partial charge in [-0.15, -0.1) is 0 Å². The quantitative estimate of drug-likeness (QED) is 0.846. The zero-order valence-electron chi connectivity index (χ0n) is 13.9. The lowest BCUT2D eigenvalue weighted by Gasteiger charge is -2.44. The van der Waals surface area contributed by atoms with E-state index in [9.17, 15) is 23.1 Å². The van der Waals surface area contributed by atoms with Crippen LogP contribution in [0.2, 0.25) is 0 Å². The van der Waals surface area contributed by atoms with Crippen molar-refractivity contribution in [2.24, 2.45) is 0 Å². The van der Waals surface area contributed by atoms with Gasteiger partial charge in [0.1, 0.15) is 5.60 Å². The van der Waals surface area contributed by atoms with E-state index >= 15 is 0 Å². The molecule has 2 atom stereocenters. The van der Waals surface area contributed by atoms with E-state index in [4.69, 9.17) is 4.74 Å². The number of carbonyl (C=O) groups excluding carboxylic acids is 1. The largest absolute Gasteiger partial charge is 0.444 e. The van der Waals surface area contributed by atoms with Crippen LogP contribution in [-0.2, 0) is 4.74 Å². The first kappa shape index (κ1) is 18.4. The summed E-state index contributed by atoms with van der Waals surface area (Å²) in [5, 5.41) is 10.6. The van der Waals surface area contributed by atoms with Crippen molar-refractivity contribution in [3.63, 3.8) is 0 Å². The van der Waals surface area contributed by atoms with E-state index in [0.717, 1.165) is 12.8 Å². The molecule has 0 saturated carbocycles. The number of amides is 1. The van der Waals surface area contributed by atoms with Crippen LogP contribution >= 0.6 is 0 Å². The molecule has 0 aliphatic carbocycles. The fourth-order valence-electron chi connectivity index (χ4n) is 3.76. The van der Waals surface area contributed by atoms with Crippen molar-refractivity contribution >= 4 is 6.09 Å². The number of alkyl halides is 3. The van der Waals surface area contributed by atoms with Gasteiger partial charge in [-0.25, -0.2) is 4.79 Å². The standard InChI is InChI=1S/C16H26F3NO3/c1-14(2,3)23-13(21)20-11-5-6-12(20)10-15(22,9-11)7-4-8-16(17,18)19/h11-12,22H,4-10H2,1-3H3. The smallest absolute Gasteiger partial charge is 0.410 e. The lowest BCUT2D eigenvalue weighted by atomic mass is 9.82. The molecule has 0 aromatic rings. The molecule has 0 aromatic carbocycles. The Morgan fingerprint density at radius 3 is 2.17 bits per heavy atom. The maximum absolute atomic E-state index is 12.3. The van der Waals surface area contributed by atoms with Crippen LogP contribution in [0.5, 0.6) is 0 Å². The maximum atomic E-state index is 12.3. The van der Waals surface area contributed by atoms with Gasteiger partial charge in [-0.3, -0.25) is 0 Å². The second kappa shape index (κ2) is 6.15. The highest BCUT2D eigenvalue weighted by Gasteiger charge is 2.50. The number of hydrogen-bond acceptors (Lipinski definition) is 3. The SMILES string of the molecule is CC(C)(C)OC(=O)N1C2CCC1CC(O)(CCCC(F)(F)F)C2. The highest BCUT2D eigenvalue weighted by molar-refractivity contribution is 5.69. The van der Waals surface area contributed by atoms with E-state index in [0.29, 0.717) is 12.8 Å². The highest BCUT2D eigenvalue weighted by atomic mass is 19.4. The van der Waals surface area contributed by atoms with Crippen molar-refractivity contribution in [1.82, 2.24) is 4.90 Å². The van der Waals surface area contributed by atoms with E-state index in [-0.39, 0.29) is 31.0 Å². The van der Waals surface area contributed by atoms with E-state index < -0.39 is 23.8 Å². The summed E-state index contributed by atoms with van der Waals surface area (Å²) in [6.45, 7) is 5.39. The molecule has 2 fully saturated rings. The van der Waals surface area contributed by atoms with Gasteiger partial charge in [0.15, 0.2) is 0 Å². The topological polar surface area (TPSA) is 49.8 Å². The van der Waals surface area contributed by atoms with Gasteiger partial charge in [-0.1, -0.05) is 0 Å². The van der Waals surface area contributed by atoms with Crippen molar-refractivity contribution in [3.05, 3.63) is 0 Å². The molecule has 0 spiro atoms. The molecule has 1 N–H and O–H groups in total. The van der Waals surface area contributed by atoms with Crippen LogP contribution in [0.4, 0.5) is 18.0 Å². The molecular formula is C16H26F3NO3. The Kier molecular flexibility index (Phi) is 4.91. The number of nitrogens with zero attached hydrogens (tertiary/aromatic N) is 1. The lowest BCUT2D eigenvalue weighted by Crippen LogP contribution is -2.54. The number of halogens is 3. The number of carbonyl (C=O) groups is 1.